The van der Waals surface area contributed by atoms with Crippen molar-refractivity contribution in [2.24, 2.45) is 5.73 Å². The van der Waals surface area contributed by atoms with Gasteiger partial charge in [0.05, 0.1) is 12.1 Å². The Morgan fingerprint density at radius 1 is 1.04 bits per heavy atom. The third-order valence-corrected chi connectivity index (χ3v) is 4.40. The molecule has 3 unspecified atom stereocenters. The van der Waals surface area contributed by atoms with E-state index in [1.54, 1.807) is 0 Å². The van der Waals surface area contributed by atoms with Crippen LogP contribution in [0.1, 0.15) is 36.9 Å². The minimum absolute atomic E-state index is 0.210. The third-order valence-electron chi connectivity index (χ3n) is 4.40. The zero-order valence-corrected chi connectivity index (χ0v) is 14.9. The van der Waals surface area contributed by atoms with Crippen molar-refractivity contribution in [3.05, 3.63) is 71.8 Å². The first kappa shape index (κ1) is 19.5. The van der Waals surface area contributed by atoms with Crippen LogP contribution in [0.2, 0.25) is 0 Å². The molecule has 3 atom stereocenters. The zero-order chi connectivity index (χ0) is 19.1. The number of carbonyl (C=O) groups is 2. The maximum absolute atomic E-state index is 11.9. The summed E-state index contributed by atoms with van der Waals surface area (Å²) in [6.07, 6.45) is -1.19. The molecule has 138 valence electrons. The molecule has 0 heterocycles. The first-order valence-corrected chi connectivity index (χ1v) is 8.40. The van der Waals surface area contributed by atoms with Crippen LogP contribution in [0.15, 0.2) is 60.7 Å². The predicted octanol–water partition coefficient (Wildman–Crippen LogP) is 3.36. The van der Waals surface area contributed by atoms with Gasteiger partial charge in [0.25, 0.3) is 0 Å². The second-order valence-electron chi connectivity index (χ2n) is 6.14. The molecular weight excluding hydrogens is 332 g/mol. The van der Waals surface area contributed by atoms with E-state index in [4.69, 9.17) is 10.5 Å². The van der Waals surface area contributed by atoms with Crippen LogP contribution in [0.4, 0.5) is 4.79 Å². The van der Waals surface area contributed by atoms with Crippen molar-refractivity contribution >= 4 is 12.1 Å². The zero-order valence-electron chi connectivity index (χ0n) is 14.9. The maximum atomic E-state index is 11.9. The van der Waals surface area contributed by atoms with E-state index in [1.807, 2.05) is 67.6 Å². The largest absolute Gasteiger partial charge is 0.465 e. The fourth-order valence-corrected chi connectivity index (χ4v) is 3.03. The van der Waals surface area contributed by atoms with Crippen molar-refractivity contribution in [3.8, 4) is 0 Å². The van der Waals surface area contributed by atoms with Gasteiger partial charge in [-0.1, -0.05) is 67.6 Å². The van der Waals surface area contributed by atoms with E-state index >= 15 is 0 Å². The summed E-state index contributed by atoms with van der Waals surface area (Å²) >= 11 is 0. The third kappa shape index (κ3) is 4.83. The molecule has 0 aliphatic rings. The van der Waals surface area contributed by atoms with Crippen LogP contribution in [-0.2, 0) is 9.53 Å². The van der Waals surface area contributed by atoms with Crippen LogP contribution >= 0.6 is 0 Å². The monoisotopic (exact) mass is 356 g/mol. The lowest BCUT2D eigenvalue weighted by atomic mass is 9.85. The number of carbonyl (C=O) groups excluding carboxylic acids is 1. The number of nitrogens with zero attached hydrogens (tertiary/aromatic N) is 1. The molecule has 3 N–H and O–H groups in total. The fourth-order valence-electron chi connectivity index (χ4n) is 3.03. The first-order chi connectivity index (χ1) is 12.4. The number of esters is 1. The quantitative estimate of drug-likeness (QED) is 0.586. The Balaban J connectivity index is 2.42. The van der Waals surface area contributed by atoms with Gasteiger partial charge in [0.1, 0.15) is 0 Å². The minimum Gasteiger partial charge on any atom is -0.465 e. The summed E-state index contributed by atoms with van der Waals surface area (Å²) in [7, 11) is 0. The van der Waals surface area contributed by atoms with Gasteiger partial charge in [-0.3, -0.25) is 9.69 Å². The second-order valence-corrected chi connectivity index (χ2v) is 6.14. The Morgan fingerprint density at radius 2 is 1.54 bits per heavy atom. The Bertz CT molecular complexity index is 676. The lowest BCUT2D eigenvalue weighted by Crippen LogP contribution is -2.49. The van der Waals surface area contributed by atoms with Crippen molar-refractivity contribution in [1.29, 1.82) is 0 Å². The Morgan fingerprint density at radius 3 is 2.00 bits per heavy atom. The van der Waals surface area contributed by atoms with Gasteiger partial charge in [-0.2, -0.15) is 0 Å². The molecule has 2 rings (SSSR count). The van der Waals surface area contributed by atoms with Gasteiger partial charge in [0.2, 0.25) is 0 Å². The average Bonchev–Trinajstić information content (AvgIpc) is 2.65. The summed E-state index contributed by atoms with van der Waals surface area (Å²) in [5, 5.41) is 9.73. The van der Waals surface area contributed by atoms with Crippen LogP contribution in [0, 0.1) is 0 Å². The lowest BCUT2D eigenvalue weighted by Gasteiger charge is -2.37. The van der Waals surface area contributed by atoms with Crippen LogP contribution in [-0.4, -0.2) is 34.8 Å². The number of amides is 1. The molecule has 6 heteroatoms. The maximum Gasteiger partial charge on any atom is 0.410 e. The van der Waals surface area contributed by atoms with Gasteiger partial charge in [-0.15, -0.1) is 0 Å². The number of rotatable bonds is 7. The van der Waals surface area contributed by atoms with Crippen molar-refractivity contribution in [3.63, 3.8) is 0 Å². The van der Waals surface area contributed by atoms with Gasteiger partial charge in [0, 0.05) is 12.8 Å². The van der Waals surface area contributed by atoms with Crippen LogP contribution in [0.25, 0.3) is 0 Å². The molecule has 0 aromatic heterocycles. The summed E-state index contributed by atoms with van der Waals surface area (Å²) in [5.41, 5.74) is 8.25. The second kappa shape index (κ2) is 9.01. The van der Waals surface area contributed by atoms with Crippen molar-refractivity contribution in [2.45, 2.75) is 31.8 Å². The Labute approximate surface area is 153 Å². The molecule has 0 spiro atoms. The van der Waals surface area contributed by atoms with Gasteiger partial charge >= 0.3 is 12.1 Å². The van der Waals surface area contributed by atoms with Crippen LogP contribution < -0.4 is 5.73 Å². The minimum atomic E-state index is -1.19. The van der Waals surface area contributed by atoms with Crippen LogP contribution in [0.3, 0.4) is 0 Å². The number of benzene rings is 2. The highest BCUT2D eigenvalue weighted by Gasteiger charge is 2.35. The summed E-state index contributed by atoms with van der Waals surface area (Å²) in [6, 6.07) is 17.7. The normalized spacial score (nSPS) is 14.1. The van der Waals surface area contributed by atoms with E-state index in [2.05, 4.69) is 0 Å². The van der Waals surface area contributed by atoms with Crippen LogP contribution in [0.5, 0.6) is 0 Å². The molecule has 0 saturated heterocycles. The first-order valence-electron chi connectivity index (χ1n) is 8.40. The van der Waals surface area contributed by atoms with Gasteiger partial charge in [-0.05, 0) is 11.1 Å². The number of hydrogen-bond donors (Lipinski definition) is 2. The Kier molecular flexibility index (Phi) is 6.74. The molecule has 0 bridgehead atoms. The van der Waals surface area contributed by atoms with E-state index in [1.165, 1.54) is 6.92 Å². The SMILES string of the molecule is CC(=O)OCN(C(=O)O)C(C(C)c1ccccc1)C(N)c1ccccc1. The molecular formula is C20H24N2O4. The molecule has 26 heavy (non-hydrogen) atoms. The predicted molar refractivity (Wildman–Crippen MR) is 98.5 cm³/mol. The molecule has 2 aromatic carbocycles. The number of nitrogens with two attached hydrogens (primary N) is 1. The summed E-state index contributed by atoms with van der Waals surface area (Å²) in [4.78, 5) is 24.2. The van der Waals surface area contributed by atoms with E-state index in [9.17, 15) is 14.7 Å². The summed E-state index contributed by atoms with van der Waals surface area (Å²) in [5.74, 6) is -0.756. The smallest absolute Gasteiger partial charge is 0.410 e. The molecule has 0 saturated carbocycles. The number of carboxylic acid groups (broad SMARTS) is 1. The molecule has 0 fully saturated rings. The molecule has 0 aliphatic heterocycles. The van der Waals surface area contributed by atoms with E-state index in [0.717, 1.165) is 16.0 Å². The van der Waals surface area contributed by atoms with Gasteiger partial charge in [-0.25, -0.2) is 4.79 Å². The van der Waals surface area contributed by atoms with Crippen molar-refractivity contribution in [1.82, 2.24) is 4.90 Å². The van der Waals surface area contributed by atoms with Gasteiger partial charge < -0.3 is 15.6 Å². The molecule has 6 nitrogen and oxygen atoms in total. The molecule has 0 aliphatic carbocycles. The Hall–Kier alpha value is -2.86. The highest BCUT2D eigenvalue weighted by atomic mass is 16.5. The standard InChI is InChI=1S/C20H24N2O4/c1-14(16-9-5-3-6-10-16)19(18(21)17-11-7-4-8-12-17)22(20(24)25)13-26-15(2)23/h3-12,14,18-19H,13,21H2,1-2H3,(H,24,25). The summed E-state index contributed by atoms with van der Waals surface area (Å²) in [6.45, 7) is 2.80. The highest BCUT2D eigenvalue weighted by Crippen LogP contribution is 2.31. The number of hydrogen-bond acceptors (Lipinski definition) is 4. The van der Waals surface area contributed by atoms with E-state index in [0.29, 0.717) is 0 Å². The highest BCUT2D eigenvalue weighted by molar-refractivity contribution is 5.68. The van der Waals surface area contributed by atoms with E-state index in [-0.39, 0.29) is 12.6 Å². The van der Waals surface area contributed by atoms with Crippen molar-refractivity contribution in [2.75, 3.05) is 6.73 Å². The summed E-state index contributed by atoms with van der Waals surface area (Å²) < 4.78 is 4.97. The lowest BCUT2D eigenvalue weighted by molar-refractivity contribution is -0.146. The van der Waals surface area contributed by atoms with E-state index < -0.39 is 24.1 Å². The average molecular weight is 356 g/mol. The molecule has 1 amide bonds. The fraction of sp³-hybridized carbons (Fsp3) is 0.300. The topological polar surface area (TPSA) is 92.9 Å². The van der Waals surface area contributed by atoms with Gasteiger partial charge in [0.15, 0.2) is 6.73 Å². The molecule has 0 radical (unpaired) electrons. The number of ether oxygens (including phenoxy) is 1. The molecule has 2 aromatic rings. The van der Waals surface area contributed by atoms with Crippen molar-refractivity contribution < 1.29 is 19.4 Å².